The highest BCUT2D eigenvalue weighted by Crippen LogP contribution is 2.31. The molecule has 0 amide bonds. The molecule has 0 saturated heterocycles. The summed E-state index contributed by atoms with van der Waals surface area (Å²) in [5.74, 6) is 0. The predicted molar refractivity (Wildman–Crippen MR) is 39.9 cm³/mol. The zero-order chi connectivity index (χ0) is 6.04. The van der Waals surface area contributed by atoms with Gasteiger partial charge < -0.3 is 10.5 Å². The Balaban J connectivity index is 0.000000640. The topological polar surface area (TPSA) is 35.2 Å². The molecule has 0 aliphatic heterocycles. The monoisotopic (exact) mass is 151 g/mol. The highest BCUT2D eigenvalue weighted by atomic mass is 35.5. The van der Waals surface area contributed by atoms with Crippen LogP contribution in [-0.4, -0.2) is 18.8 Å². The van der Waals surface area contributed by atoms with Gasteiger partial charge in [-0.3, -0.25) is 0 Å². The largest absolute Gasteiger partial charge is 0.380 e. The van der Waals surface area contributed by atoms with Crippen molar-refractivity contribution in [1.82, 2.24) is 0 Å². The molecule has 0 aromatic rings. The lowest BCUT2D eigenvalue weighted by molar-refractivity contribution is 0.127. The van der Waals surface area contributed by atoms with E-state index in [0.717, 1.165) is 26.1 Å². The Labute approximate surface area is 62.2 Å². The van der Waals surface area contributed by atoms with Crippen LogP contribution >= 0.6 is 12.4 Å². The summed E-state index contributed by atoms with van der Waals surface area (Å²) in [7, 11) is 0. The first-order chi connectivity index (χ1) is 3.77. The molecule has 2 N–H and O–H groups in total. The van der Waals surface area contributed by atoms with Crippen molar-refractivity contribution in [1.29, 1.82) is 0 Å². The summed E-state index contributed by atoms with van der Waals surface area (Å²) in [5, 5.41) is 0. The molecule has 9 heavy (non-hydrogen) atoms. The molecule has 3 heteroatoms. The van der Waals surface area contributed by atoms with Gasteiger partial charge in [-0.15, -0.1) is 12.4 Å². The summed E-state index contributed by atoms with van der Waals surface area (Å²) < 4.78 is 5.14. The molecule has 0 unspecified atom stereocenters. The van der Waals surface area contributed by atoms with Crippen molar-refractivity contribution in [3.8, 4) is 0 Å². The first kappa shape index (κ1) is 9.21. The van der Waals surface area contributed by atoms with E-state index in [1.165, 1.54) is 0 Å². The van der Waals surface area contributed by atoms with Crippen LogP contribution in [-0.2, 0) is 4.74 Å². The van der Waals surface area contributed by atoms with Gasteiger partial charge in [-0.05, 0) is 19.8 Å². The van der Waals surface area contributed by atoms with Crippen molar-refractivity contribution >= 4 is 12.4 Å². The predicted octanol–water partition coefficient (Wildman–Crippen LogP) is 0.936. The fourth-order valence-corrected chi connectivity index (χ4v) is 0.610. The second-order valence-corrected chi connectivity index (χ2v) is 2.50. The van der Waals surface area contributed by atoms with E-state index in [2.05, 4.69) is 0 Å². The Morgan fingerprint density at radius 3 is 2.44 bits per heavy atom. The van der Waals surface area contributed by atoms with Gasteiger partial charge in [-0.2, -0.15) is 0 Å². The fourth-order valence-electron chi connectivity index (χ4n) is 0.610. The zero-order valence-corrected chi connectivity index (χ0v) is 6.54. The Bertz CT molecular complexity index is 83.1. The quantitative estimate of drug-likeness (QED) is 0.652. The third-order valence-corrected chi connectivity index (χ3v) is 1.49. The second kappa shape index (κ2) is 3.40. The van der Waals surface area contributed by atoms with Crippen LogP contribution in [0.25, 0.3) is 0 Å². The molecule has 1 fully saturated rings. The van der Waals surface area contributed by atoms with E-state index in [1.807, 2.05) is 6.92 Å². The summed E-state index contributed by atoms with van der Waals surface area (Å²) in [6, 6.07) is 0. The first-order valence-electron chi connectivity index (χ1n) is 3.13. The van der Waals surface area contributed by atoms with Crippen molar-refractivity contribution in [3.63, 3.8) is 0 Å². The summed E-state index contributed by atoms with van der Waals surface area (Å²) in [6.07, 6.45) is 2.29. The lowest BCUT2D eigenvalue weighted by Gasteiger charge is -2.05. The number of halogens is 1. The lowest BCUT2D eigenvalue weighted by Crippen LogP contribution is -2.27. The Hall–Kier alpha value is 0.210. The average Bonchev–Trinajstić information content (AvgIpc) is 2.45. The van der Waals surface area contributed by atoms with Crippen molar-refractivity contribution in [3.05, 3.63) is 0 Å². The van der Waals surface area contributed by atoms with Crippen LogP contribution in [0, 0.1) is 0 Å². The van der Waals surface area contributed by atoms with E-state index < -0.39 is 0 Å². The maximum atomic E-state index is 5.71. The standard InChI is InChI=1S/C6H13NO.ClH/c1-2-8-5-6(7)3-4-6;/h2-5,7H2,1H3;1H. The maximum absolute atomic E-state index is 5.71. The molecule has 0 heterocycles. The summed E-state index contributed by atoms with van der Waals surface area (Å²) >= 11 is 0. The van der Waals surface area contributed by atoms with Gasteiger partial charge in [0, 0.05) is 12.1 Å². The summed E-state index contributed by atoms with van der Waals surface area (Å²) in [6.45, 7) is 3.54. The third kappa shape index (κ3) is 3.04. The van der Waals surface area contributed by atoms with E-state index >= 15 is 0 Å². The molecule has 0 spiro atoms. The number of rotatable bonds is 3. The van der Waals surface area contributed by atoms with Gasteiger partial charge in [0.15, 0.2) is 0 Å². The minimum absolute atomic E-state index is 0. The molecule has 0 bridgehead atoms. The molecule has 1 aliphatic carbocycles. The van der Waals surface area contributed by atoms with E-state index in [-0.39, 0.29) is 17.9 Å². The van der Waals surface area contributed by atoms with Gasteiger partial charge in [0.25, 0.3) is 0 Å². The van der Waals surface area contributed by atoms with Gasteiger partial charge in [0.2, 0.25) is 0 Å². The average molecular weight is 152 g/mol. The van der Waals surface area contributed by atoms with Crippen molar-refractivity contribution in [2.45, 2.75) is 25.3 Å². The minimum atomic E-state index is 0. The molecule has 0 atom stereocenters. The van der Waals surface area contributed by atoms with E-state index in [0.29, 0.717) is 0 Å². The number of hydrogen-bond acceptors (Lipinski definition) is 2. The summed E-state index contributed by atoms with van der Waals surface area (Å²) in [5.41, 5.74) is 5.79. The van der Waals surface area contributed by atoms with Crippen LogP contribution in [0.15, 0.2) is 0 Å². The smallest absolute Gasteiger partial charge is 0.0646 e. The maximum Gasteiger partial charge on any atom is 0.0646 e. The summed E-state index contributed by atoms with van der Waals surface area (Å²) in [4.78, 5) is 0. The van der Waals surface area contributed by atoms with E-state index in [1.54, 1.807) is 0 Å². The molecule has 56 valence electrons. The van der Waals surface area contributed by atoms with Crippen molar-refractivity contribution < 1.29 is 4.74 Å². The molecule has 1 saturated carbocycles. The van der Waals surface area contributed by atoms with Crippen molar-refractivity contribution in [2.24, 2.45) is 5.73 Å². The highest BCUT2D eigenvalue weighted by molar-refractivity contribution is 5.85. The number of hydrogen-bond donors (Lipinski definition) is 1. The first-order valence-corrected chi connectivity index (χ1v) is 3.13. The van der Waals surface area contributed by atoms with E-state index in [9.17, 15) is 0 Å². The highest BCUT2D eigenvalue weighted by Gasteiger charge is 2.37. The number of nitrogens with two attached hydrogens (primary N) is 1. The Morgan fingerprint density at radius 1 is 1.56 bits per heavy atom. The van der Waals surface area contributed by atoms with Crippen LogP contribution in [0.4, 0.5) is 0 Å². The molecule has 0 radical (unpaired) electrons. The normalized spacial score (nSPS) is 20.7. The van der Waals surface area contributed by atoms with Crippen LogP contribution in [0.2, 0.25) is 0 Å². The van der Waals surface area contributed by atoms with Crippen LogP contribution in [0.3, 0.4) is 0 Å². The van der Waals surface area contributed by atoms with Crippen LogP contribution in [0.1, 0.15) is 19.8 Å². The fraction of sp³-hybridized carbons (Fsp3) is 1.00. The zero-order valence-electron chi connectivity index (χ0n) is 5.72. The Morgan fingerprint density at radius 2 is 2.11 bits per heavy atom. The molecular formula is C6H14ClNO. The molecule has 0 aromatic heterocycles. The van der Waals surface area contributed by atoms with Gasteiger partial charge in [-0.25, -0.2) is 0 Å². The molecular weight excluding hydrogens is 138 g/mol. The third-order valence-electron chi connectivity index (χ3n) is 1.49. The SMILES string of the molecule is CCOCC1(N)CC1.Cl. The van der Waals surface area contributed by atoms with Gasteiger partial charge in [0.05, 0.1) is 6.61 Å². The van der Waals surface area contributed by atoms with Crippen LogP contribution < -0.4 is 5.73 Å². The van der Waals surface area contributed by atoms with E-state index in [4.69, 9.17) is 10.5 Å². The van der Waals surface area contributed by atoms with Crippen molar-refractivity contribution in [2.75, 3.05) is 13.2 Å². The van der Waals surface area contributed by atoms with Gasteiger partial charge in [0.1, 0.15) is 0 Å². The molecule has 1 aliphatic rings. The van der Waals surface area contributed by atoms with Crippen LogP contribution in [0.5, 0.6) is 0 Å². The van der Waals surface area contributed by atoms with Gasteiger partial charge >= 0.3 is 0 Å². The molecule has 0 aromatic carbocycles. The number of ether oxygens (including phenoxy) is 1. The molecule has 2 nitrogen and oxygen atoms in total. The van der Waals surface area contributed by atoms with Gasteiger partial charge in [-0.1, -0.05) is 0 Å². The second-order valence-electron chi connectivity index (χ2n) is 2.50. The Kier molecular flexibility index (Phi) is 3.48. The molecule has 1 rings (SSSR count). The minimum Gasteiger partial charge on any atom is -0.380 e. The lowest BCUT2D eigenvalue weighted by atomic mass is 10.3.